The largest absolute Gasteiger partial charge is 0.487 e. The van der Waals surface area contributed by atoms with Crippen LogP contribution in [-0.4, -0.2) is 9.97 Å². The van der Waals surface area contributed by atoms with Crippen LogP contribution in [0.2, 0.25) is 0 Å². The van der Waals surface area contributed by atoms with E-state index in [1.165, 1.54) is 12.1 Å². The Kier molecular flexibility index (Phi) is 3.29. The number of aromatic nitrogens is 2. The predicted octanol–water partition coefficient (Wildman–Crippen LogP) is 4.16. The van der Waals surface area contributed by atoms with Crippen molar-refractivity contribution in [1.29, 1.82) is 0 Å². The Labute approximate surface area is 118 Å². The predicted molar refractivity (Wildman–Crippen MR) is 71.9 cm³/mol. The molecule has 0 atom stereocenters. The van der Waals surface area contributed by atoms with E-state index < -0.39 is 11.7 Å². The summed E-state index contributed by atoms with van der Waals surface area (Å²) in [5.74, 6) is 0.384. The fourth-order valence-corrected chi connectivity index (χ4v) is 1.99. The van der Waals surface area contributed by atoms with Crippen molar-refractivity contribution in [3.63, 3.8) is 0 Å². The second-order valence-electron chi connectivity index (χ2n) is 4.54. The van der Waals surface area contributed by atoms with Crippen LogP contribution in [0.3, 0.4) is 0 Å². The summed E-state index contributed by atoms with van der Waals surface area (Å²) in [4.78, 5) is 7.32. The second-order valence-corrected chi connectivity index (χ2v) is 4.54. The summed E-state index contributed by atoms with van der Waals surface area (Å²) >= 11 is 0. The number of pyridine rings is 1. The van der Waals surface area contributed by atoms with Crippen LogP contribution in [0, 0.1) is 0 Å². The lowest BCUT2D eigenvalue weighted by Gasteiger charge is -2.08. The Balaban J connectivity index is 1.69. The summed E-state index contributed by atoms with van der Waals surface area (Å²) in [5.41, 5.74) is 1.83. The number of alkyl halides is 3. The van der Waals surface area contributed by atoms with E-state index in [9.17, 15) is 13.2 Å². The average molecular weight is 292 g/mol. The first-order chi connectivity index (χ1) is 10.0. The summed E-state index contributed by atoms with van der Waals surface area (Å²) in [6.07, 6.45) is -2.64. The molecule has 2 heterocycles. The molecule has 2 aromatic heterocycles. The van der Waals surface area contributed by atoms with E-state index in [4.69, 9.17) is 4.74 Å². The standard InChI is InChI=1S/C15H11F3N2O/c16-15(17,18)10-3-5-12(6-4-10)21-9-11-8-14-13(20-11)2-1-7-19-14/h1-8,20H,9H2. The number of nitrogens with one attached hydrogen (secondary N) is 1. The third-order valence-corrected chi connectivity index (χ3v) is 3.02. The Morgan fingerprint density at radius 3 is 2.52 bits per heavy atom. The fourth-order valence-electron chi connectivity index (χ4n) is 1.99. The van der Waals surface area contributed by atoms with Crippen molar-refractivity contribution in [3.05, 3.63) is 59.9 Å². The second kappa shape index (κ2) is 5.12. The minimum Gasteiger partial charge on any atom is -0.487 e. The van der Waals surface area contributed by atoms with Crippen LogP contribution in [-0.2, 0) is 12.8 Å². The summed E-state index contributed by atoms with van der Waals surface area (Å²) < 4.78 is 42.8. The summed E-state index contributed by atoms with van der Waals surface area (Å²) in [6.45, 7) is 0.238. The van der Waals surface area contributed by atoms with Gasteiger partial charge in [-0.25, -0.2) is 0 Å². The van der Waals surface area contributed by atoms with Crippen LogP contribution in [0.25, 0.3) is 11.0 Å². The van der Waals surface area contributed by atoms with Crippen molar-refractivity contribution >= 4 is 11.0 Å². The van der Waals surface area contributed by atoms with Crippen molar-refractivity contribution in [2.24, 2.45) is 0 Å². The number of hydrogen-bond donors (Lipinski definition) is 1. The van der Waals surface area contributed by atoms with Gasteiger partial charge >= 0.3 is 6.18 Å². The highest BCUT2D eigenvalue weighted by Crippen LogP contribution is 2.30. The molecule has 1 aromatic carbocycles. The van der Waals surface area contributed by atoms with Crippen LogP contribution >= 0.6 is 0 Å². The Morgan fingerprint density at radius 1 is 1.10 bits per heavy atom. The maximum atomic E-state index is 12.4. The van der Waals surface area contributed by atoms with E-state index in [2.05, 4.69) is 9.97 Å². The number of nitrogens with zero attached hydrogens (tertiary/aromatic N) is 1. The van der Waals surface area contributed by atoms with E-state index in [0.717, 1.165) is 28.9 Å². The number of aromatic amines is 1. The number of rotatable bonds is 3. The first-order valence-corrected chi connectivity index (χ1v) is 6.25. The number of ether oxygens (including phenoxy) is 1. The molecule has 6 heteroatoms. The maximum absolute atomic E-state index is 12.4. The molecule has 0 fully saturated rings. The lowest BCUT2D eigenvalue weighted by molar-refractivity contribution is -0.137. The van der Waals surface area contributed by atoms with E-state index in [0.29, 0.717) is 5.75 Å². The molecule has 0 unspecified atom stereocenters. The molecule has 21 heavy (non-hydrogen) atoms. The average Bonchev–Trinajstić information content (AvgIpc) is 2.87. The molecular formula is C15H11F3N2O. The third kappa shape index (κ3) is 2.99. The van der Waals surface area contributed by atoms with Gasteiger partial charge in [-0.2, -0.15) is 13.2 Å². The highest BCUT2D eigenvalue weighted by molar-refractivity contribution is 5.75. The van der Waals surface area contributed by atoms with Crippen molar-refractivity contribution in [2.45, 2.75) is 12.8 Å². The topological polar surface area (TPSA) is 37.9 Å². The summed E-state index contributed by atoms with van der Waals surface area (Å²) in [5, 5.41) is 0. The van der Waals surface area contributed by atoms with E-state index in [1.807, 2.05) is 18.2 Å². The van der Waals surface area contributed by atoms with Crippen LogP contribution in [0.15, 0.2) is 48.7 Å². The van der Waals surface area contributed by atoms with Gasteiger partial charge in [-0.3, -0.25) is 4.98 Å². The first kappa shape index (κ1) is 13.5. The molecule has 0 aliphatic carbocycles. The number of fused-ring (bicyclic) bond motifs is 1. The zero-order chi connectivity index (χ0) is 14.9. The molecule has 0 saturated carbocycles. The van der Waals surface area contributed by atoms with Gasteiger partial charge in [0.05, 0.1) is 22.3 Å². The first-order valence-electron chi connectivity index (χ1n) is 6.25. The van der Waals surface area contributed by atoms with Gasteiger partial charge in [0, 0.05) is 6.20 Å². The molecule has 0 aliphatic rings. The lowest BCUT2D eigenvalue weighted by atomic mass is 10.2. The number of H-pyrrole nitrogens is 1. The molecule has 3 aromatic rings. The van der Waals surface area contributed by atoms with Gasteiger partial charge in [0.2, 0.25) is 0 Å². The zero-order valence-electron chi connectivity index (χ0n) is 10.8. The van der Waals surface area contributed by atoms with E-state index in [1.54, 1.807) is 6.20 Å². The van der Waals surface area contributed by atoms with E-state index >= 15 is 0 Å². The van der Waals surface area contributed by atoms with Gasteiger partial charge in [0.1, 0.15) is 12.4 Å². The number of hydrogen-bond acceptors (Lipinski definition) is 2. The summed E-state index contributed by atoms with van der Waals surface area (Å²) in [7, 11) is 0. The summed E-state index contributed by atoms with van der Waals surface area (Å²) in [6, 6.07) is 10.2. The third-order valence-electron chi connectivity index (χ3n) is 3.02. The van der Waals surface area contributed by atoms with Crippen molar-refractivity contribution in [1.82, 2.24) is 9.97 Å². The highest BCUT2D eigenvalue weighted by Gasteiger charge is 2.29. The molecule has 0 saturated heterocycles. The quantitative estimate of drug-likeness (QED) is 0.787. The monoisotopic (exact) mass is 292 g/mol. The molecule has 3 nitrogen and oxygen atoms in total. The Hall–Kier alpha value is -2.50. The van der Waals surface area contributed by atoms with Gasteiger partial charge in [-0.15, -0.1) is 0 Å². The highest BCUT2D eigenvalue weighted by atomic mass is 19.4. The SMILES string of the molecule is FC(F)(F)c1ccc(OCc2cc3ncccc3[nH]2)cc1. The molecule has 0 aliphatic heterocycles. The normalized spacial score (nSPS) is 11.8. The van der Waals surface area contributed by atoms with Crippen LogP contribution in [0.5, 0.6) is 5.75 Å². The van der Waals surface area contributed by atoms with Gasteiger partial charge in [0.15, 0.2) is 0 Å². The molecule has 0 radical (unpaired) electrons. The maximum Gasteiger partial charge on any atom is 0.416 e. The van der Waals surface area contributed by atoms with E-state index in [-0.39, 0.29) is 6.61 Å². The molecule has 3 rings (SSSR count). The minimum atomic E-state index is -4.33. The molecule has 0 spiro atoms. The molecule has 0 amide bonds. The van der Waals surface area contributed by atoms with Crippen LogP contribution in [0.4, 0.5) is 13.2 Å². The fraction of sp³-hybridized carbons (Fsp3) is 0.133. The van der Waals surface area contributed by atoms with Crippen molar-refractivity contribution < 1.29 is 17.9 Å². The van der Waals surface area contributed by atoms with Crippen molar-refractivity contribution in [2.75, 3.05) is 0 Å². The number of benzene rings is 1. The van der Waals surface area contributed by atoms with Gasteiger partial charge < -0.3 is 9.72 Å². The van der Waals surface area contributed by atoms with Gasteiger partial charge in [-0.1, -0.05) is 0 Å². The van der Waals surface area contributed by atoms with Crippen molar-refractivity contribution in [3.8, 4) is 5.75 Å². The van der Waals surface area contributed by atoms with Gasteiger partial charge in [-0.05, 0) is 42.5 Å². The Morgan fingerprint density at radius 2 is 1.86 bits per heavy atom. The molecular weight excluding hydrogens is 281 g/mol. The molecule has 0 bridgehead atoms. The molecule has 1 N–H and O–H groups in total. The van der Waals surface area contributed by atoms with Crippen LogP contribution in [0.1, 0.15) is 11.3 Å². The Bertz CT molecular complexity index is 714. The lowest BCUT2D eigenvalue weighted by Crippen LogP contribution is -2.04. The number of halogens is 3. The zero-order valence-corrected chi connectivity index (χ0v) is 10.8. The van der Waals surface area contributed by atoms with Crippen LogP contribution < -0.4 is 4.74 Å². The smallest absolute Gasteiger partial charge is 0.416 e. The molecule has 108 valence electrons. The minimum absolute atomic E-state index is 0.238. The van der Waals surface area contributed by atoms with Gasteiger partial charge in [0.25, 0.3) is 0 Å².